The third-order valence-electron chi connectivity index (χ3n) is 4.76. The Morgan fingerprint density at radius 1 is 0.969 bits per heavy atom. The summed E-state index contributed by atoms with van der Waals surface area (Å²) in [5, 5.41) is 3.27. The van der Waals surface area contributed by atoms with Crippen molar-refractivity contribution < 1.29 is 19.0 Å². The van der Waals surface area contributed by atoms with Gasteiger partial charge in [-0.2, -0.15) is 0 Å². The van der Waals surface area contributed by atoms with Crippen molar-refractivity contribution in [1.82, 2.24) is 9.97 Å². The average Bonchev–Trinajstić information content (AvgIpc) is 2.82. The summed E-state index contributed by atoms with van der Waals surface area (Å²) in [6.45, 7) is -0.210. The van der Waals surface area contributed by atoms with Gasteiger partial charge in [-0.05, 0) is 42.5 Å². The molecule has 0 aliphatic heterocycles. The molecule has 4 aromatic rings. The van der Waals surface area contributed by atoms with Crippen molar-refractivity contribution in [2.24, 2.45) is 0 Å². The summed E-state index contributed by atoms with van der Waals surface area (Å²) >= 11 is 0. The molecule has 8 heteroatoms. The van der Waals surface area contributed by atoms with Gasteiger partial charge in [0.2, 0.25) is 0 Å². The van der Waals surface area contributed by atoms with Crippen LogP contribution in [0.25, 0.3) is 22.3 Å². The molecule has 1 amide bonds. The topological polar surface area (TPSA) is 103 Å². The third kappa shape index (κ3) is 4.54. The van der Waals surface area contributed by atoms with Crippen LogP contribution in [0.15, 0.2) is 71.5 Å². The number of nitrogens with zero attached hydrogens (tertiary/aromatic N) is 1. The second kappa shape index (κ2) is 9.22. The molecular formula is C24H21N3O5. The van der Waals surface area contributed by atoms with Gasteiger partial charge in [0.25, 0.3) is 11.5 Å². The van der Waals surface area contributed by atoms with Crippen molar-refractivity contribution in [1.29, 1.82) is 0 Å². The van der Waals surface area contributed by atoms with Crippen molar-refractivity contribution in [2.45, 2.75) is 0 Å². The molecule has 0 aliphatic carbocycles. The van der Waals surface area contributed by atoms with Crippen LogP contribution in [0.4, 0.5) is 5.69 Å². The van der Waals surface area contributed by atoms with Gasteiger partial charge in [-0.1, -0.05) is 18.2 Å². The van der Waals surface area contributed by atoms with Crippen LogP contribution < -0.4 is 25.1 Å². The molecule has 0 spiro atoms. The number of carbonyl (C=O) groups excluding carboxylic acids is 1. The lowest BCUT2D eigenvalue weighted by molar-refractivity contribution is -0.118. The Kier molecular flexibility index (Phi) is 6.03. The molecule has 2 N–H and O–H groups in total. The maximum atomic E-state index is 12.4. The molecule has 0 radical (unpaired) electrons. The normalized spacial score (nSPS) is 10.6. The predicted molar refractivity (Wildman–Crippen MR) is 121 cm³/mol. The lowest BCUT2D eigenvalue weighted by Gasteiger charge is -2.12. The van der Waals surface area contributed by atoms with Gasteiger partial charge in [0.15, 0.2) is 18.1 Å². The number of H-pyrrole nitrogens is 1. The van der Waals surface area contributed by atoms with Gasteiger partial charge in [-0.15, -0.1) is 0 Å². The van der Waals surface area contributed by atoms with E-state index in [1.165, 1.54) is 7.11 Å². The number of ether oxygens (including phenoxy) is 3. The minimum atomic E-state index is -0.329. The molecule has 0 fully saturated rings. The van der Waals surface area contributed by atoms with E-state index in [0.717, 1.165) is 0 Å². The zero-order valence-electron chi connectivity index (χ0n) is 17.5. The highest BCUT2D eigenvalue weighted by atomic mass is 16.5. The summed E-state index contributed by atoms with van der Waals surface area (Å²) in [5.41, 5.74) is 1.63. The predicted octanol–water partition coefficient (Wildman–Crippen LogP) is 3.62. The van der Waals surface area contributed by atoms with Gasteiger partial charge in [-0.25, -0.2) is 4.98 Å². The van der Waals surface area contributed by atoms with Crippen molar-refractivity contribution >= 4 is 22.5 Å². The number of rotatable bonds is 7. The molecule has 1 aromatic heterocycles. The van der Waals surface area contributed by atoms with E-state index >= 15 is 0 Å². The maximum absolute atomic E-state index is 12.4. The standard InChI is InChI=1S/C24H21N3O5/c1-30-17-7-5-6-16(13-17)25-22(28)14-32-20-11-10-15(12-21(20)31-2)23-26-19-9-4-3-8-18(19)24(29)27-23/h3-13H,14H2,1-2H3,(H,25,28)(H,26,27,29). The number of aromatic amines is 1. The summed E-state index contributed by atoms with van der Waals surface area (Å²) < 4.78 is 16.2. The number of methoxy groups -OCH3 is 2. The van der Waals surface area contributed by atoms with E-state index in [2.05, 4.69) is 15.3 Å². The van der Waals surface area contributed by atoms with Gasteiger partial charge in [0, 0.05) is 17.3 Å². The van der Waals surface area contributed by atoms with E-state index in [0.29, 0.717) is 45.2 Å². The van der Waals surface area contributed by atoms with E-state index in [1.54, 1.807) is 67.8 Å². The Labute approximate surface area is 183 Å². The first-order valence-electron chi connectivity index (χ1n) is 9.81. The Morgan fingerprint density at radius 2 is 1.81 bits per heavy atom. The van der Waals surface area contributed by atoms with Crippen LogP contribution in [0, 0.1) is 0 Å². The molecule has 0 saturated heterocycles. The first kappa shape index (κ1) is 20.9. The van der Waals surface area contributed by atoms with Crippen molar-refractivity contribution in [3.05, 3.63) is 77.1 Å². The first-order valence-corrected chi connectivity index (χ1v) is 9.81. The molecule has 0 saturated carbocycles. The van der Waals surface area contributed by atoms with Gasteiger partial charge < -0.3 is 24.5 Å². The van der Waals surface area contributed by atoms with Crippen LogP contribution in [0.1, 0.15) is 0 Å². The number of carbonyl (C=O) groups is 1. The molecular weight excluding hydrogens is 410 g/mol. The number of hydrogen-bond donors (Lipinski definition) is 2. The minimum absolute atomic E-state index is 0.210. The Morgan fingerprint density at radius 3 is 2.62 bits per heavy atom. The molecule has 0 bridgehead atoms. The number of hydrogen-bond acceptors (Lipinski definition) is 6. The molecule has 8 nitrogen and oxygen atoms in total. The van der Waals surface area contributed by atoms with Crippen molar-refractivity contribution in [3.63, 3.8) is 0 Å². The quantitative estimate of drug-likeness (QED) is 0.463. The highest BCUT2D eigenvalue weighted by Gasteiger charge is 2.12. The fourth-order valence-corrected chi connectivity index (χ4v) is 3.20. The highest BCUT2D eigenvalue weighted by Crippen LogP contribution is 2.31. The smallest absolute Gasteiger partial charge is 0.262 e. The van der Waals surface area contributed by atoms with Crippen LogP contribution in [-0.2, 0) is 4.79 Å². The van der Waals surface area contributed by atoms with Crippen LogP contribution in [0.2, 0.25) is 0 Å². The Hall–Kier alpha value is -4.33. The third-order valence-corrected chi connectivity index (χ3v) is 4.76. The fraction of sp³-hybridized carbons (Fsp3) is 0.125. The molecule has 32 heavy (non-hydrogen) atoms. The second-order valence-electron chi connectivity index (χ2n) is 6.87. The number of aromatic nitrogens is 2. The van der Waals surface area contributed by atoms with Gasteiger partial charge in [-0.3, -0.25) is 9.59 Å². The summed E-state index contributed by atoms with van der Waals surface area (Å²) in [4.78, 5) is 31.9. The largest absolute Gasteiger partial charge is 0.497 e. The Balaban J connectivity index is 1.50. The number of amides is 1. The van der Waals surface area contributed by atoms with E-state index in [1.807, 2.05) is 6.07 Å². The fourth-order valence-electron chi connectivity index (χ4n) is 3.20. The maximum Gasteiger partial charge on any atom is 0.262 e. The minimum Gasteiger partial charge on any atom is -0.497 e. The molecule has 4 rings (SSSR count). The van der Waals surface area contributed by atoms with E-state index < -0.39 is 0 Å². The van der Waals surface area contributed by atoms with Crippen LogP contribution in [0.5, 0.6) is 17.2 Å². The van der Waals surface area contributed by atoms with Gasteiger partial charge in [0.05, 0.1) is 25.1 Å². The SMILES string of the molecule is COc1cccc(NC(=O)COc2ccc(-c3nc4ccccc4c(=O)[nH]3)cc2OC)c1. The van der Waals surface area contributed by atoms with Crippen LogP contribution in [-0.4, -0.2) is 36.7 Å². The zero-order valence-corrected chi connectivity index (χ0v) is 17.5. The number of para-hydroxylation sites is 1. The number of nitrogens with one attached hydrogen (secondary N) is 2. The summed E-state index contributed by atoms with van der Waals surface area (Å²) in [6, 6.07) is 19.3. The summed E-state index contributed by atoms with van der Waals surface area (Å²) in [5.74, 6) is 1.52. The number of benzene rings is 3. The second-order valence-corrected chi connectivity index (χ2v) is 6.87. The van der Waals surface area contributed by atoms with E-state index in [4.69, 9.17) is 14.2 Å². The lowest BCUT2D eigenvalue weighted by Crippen LogP contribution is -2.20. The van der Waals surface area contributed by atoms with Crippen molar-refractivity contribution in [2.75, 3.05) is 26.1 Å². The summed E-state index contributed by atoms with van der Waals surface area (Å²) in [7, 11) is 3.06. The molecule has 3 aromatic carbocycles. The summed E-state index contributed by atoms with van der Waals surface area (Å²) in [6.07, 6.45) is 0. The number of anilines is 1. The van der Waals surface area contributed by atoms with E-state index in [-0.39, 0.29) is 18.1 Å². The molecule has 0 atom stereocenters. The van der Waals surface area contributed by atoms with Crippen LogP contribution >= 0.6 is 0 Å². The molecule has 1 heterocycles. The van der Waals surface area contributed by atoms with Crippen molar-refractivity contribution in [3.8, 4) is 28.6 Å². The molecule has 162 valence electrons. The van der Waals surface area contributed by atoms with Gasteiger partial charge >= 0.3 is 0 Å². The first-order chi connectivity index (χ1) is 15.6. The monoisotopic (exact) mass is 431 g/mol. The number of fused-ring (bicyclic) bond motifs is 1. The van der Waals surface area contributed by atoms with Crippen LogP contribution in [0.3, 0.4) is 0 Å². The molecule has 0 unspecified atom stereocenters. The average molecular weight is 431 g/mol. The Bertz CT molecular complexity index is 1330. The van der Waals surface area contributed by atoms with E-state index in [9.17, 15) is 9.59 Å². The van der Waals surface area contributed by atoms with Gasteiger partial charge in [0.1, 0.15) is 11.6 Å². The molecule has 0 aliphatic rings. The lowest BCUT2D eigenvalue weighted by atomic mass is 10.1. The highest BCUT2D eigenvalue weighted by molar-refractivity contribution is 5.92. The zero-order chi connectivity index (χ0) is 22.5.